The number of carbonyl (C=O) groups is 3. The summed E-state index contributed by atoms with van der Waals surface area (Å²) >= 11 is 0. The SMILES string of the molecule is CC(=O)O[C@H]1[C@H]2[C@@H](CCC3C[C@@H](OC(=O)c4ccccn4)CC[C@@]32C)C2=CC[C@H](C3=CCC(O)OC3)[C@@]2(C)[C@H]1OC(C)=O. The van der Waals surface area contributed by atoms with Gasteiger partial charge in [0.1, 0.15) is 24.0 Å². The van der Waals surface area contributed by atoms with Crippen molar-refractivity contribution in [1.82, 2.24) is 4.98 Å². The van der Waals surface area contributed by atoms with Crippen molar-refractivity contribution in [3.63, 3.8) is 0 Å². The second-order valence-electron chi connectivity index (χ2n) is 13.5. The number of hydrogen-bond acceptors (Lipinski definition) is 9. The maximum absolute atomic E-state index is 12.8. The molecule has 43 heavy (non-hydrogen) atoms. The standard InChI is InChI=1S/C34H43NO8/c1-19(36)41-30-29-24(10-9-22-17-23(14-15-33(22,29)3)43-32(39)27-7-5-6-16-35-27)26-12-11-25(21-8-13-28(38)40-18-21)34(26,4)31(30)42-20(2)37/h5-8,12,16,22-25,28-31,38H,9-11,13-15,17-18H2,1-4H3/t22?,23-,24-,25+,28?,29+,30-,31-,33-,34+/m0/s1. The van der Waals surface area contributed by atoms with Crippen molar-refractivity contribution >= 4 is 17.9 Å². The Morgan fingerprint density at radius 3 is 2.47 bits per heavy atom. The van der Waals surface area contributed by atoms with Gasteiger partial charge in [0.15, 0.2) is 6.29 Å². The van der Waals surface area contributed by atoms with E-state index in [1.54, 1.807) is 24.4 Å². The van der Waals surface area contributed by atoms with Crippen LogP contribution in [0.5, 0.6) is 0 Å². The van der Waals surface area contributed by atoms with Crippen LogP contribution in [-0.4, -0.2) is 59.2 Å². The van der Waals surface area contributed by atoms with Gasteiger partial charge in [0.2, 0.25) is 0 Å². The minimum Gasteiger partial charge on any atom is -0.458 e. The third-order valence-corrected chi connectivity index (χ3v) is 11.3. The average Bonchev–Trinajstić information content (AvgIpc) is 3.33. The third kappa shape index (κ3) is 5.22. The van der Waals surface area contributed by atoms with Gasteiger partial charge in [0.05, 0.1) is 6.61 Å². The lowest BCUT2D eigenvalue weighted by molar-refractivity contribution is -0.216. The van der Waals surface area contributed by atoms with Crippen LogP contribution in [-0.2, 0) is 28.5 Å². The minimum absolute atomic E-state index is 0.00522. The molecule has 6 rings (SSSR count). The van der Waals surface area contributed by atoms with E-state index in [0.717, 1.165) is 37.7 Å². The molecule has 0 amide bonds. The van der Waals surface area contributed by atoms with Gasteiger partial charge in [0, 0.05) is 37.8 Å². The maximum atomic E-state index is 12.8. The number of esters is 3. The summed E-state index contributed by atoms with van der Waals surface area (Å²) in [6.07, 6.45) is 8.97. The van der Waals surface area contributed by atoms with Crippen LogP contribution in [0.2, 0.25) is 0 Å². The number of fused-ring (bicyclic) bond motifs is 5. The molecule has 1 aromatic rings. The van der Waals surface area contributed by atoms with Gasteiger partial charge < -0.3 is 24.1 Å². The van der Waals surface area contributed by atoms with Crippen molar-refractivity contribution in [2.75, 3.05) is 6.61 Å². The van der Waals surface area contributed by atoms with Crippen LogP contribution >= 0.6 is 0 Å². The highest BCUT2D eigenvalue weighted by Crippen LogP contribution is 2.68. The molecule has 10 atom stereocenters. The number of carbonyl (C=O) groups excluding carboxylic acids is 3. The highest BCUT2D eigenvalue weighted by molar-refractivity contribution is 5.87. The molecule has 2 unspecified atom stereocenters. The Labute approximate surface area is 253 Å². The molecule has 1 aromatic heterocycles. The second-order valence-corrected chi connectivity index (χ2v) is 13.5. The predicted molar refractivity (Wildman–Crippen MR) is 155 cm³/mol. The Morgan fingerprint density at radius 2 is 1.79 bits per heavy atom. The zero-order chi connectivity index (χ0) is 30.5. The van der Waals surface area contributed by atoms with E-state index in [9.17, 15) is 19.5 Å². The van der Waals surface area contributed by atoms with E-state index < -0.39 is 41.8 Å². The first-order valence-electron chi connectivity index (χ1n) is 15.7. The summed E-state index contributed by atoms with van der Waals surface area (Å²) in [6.45, 7) is 7.61. The highest BCUT2D eigenvalue weighted by atomic mass is 16.6. The predicted octanol–water partition coefficient (Wildman–Crippen LogP) is 4.93. The van der Waals surface area contributed by atoms with Crippen LogP contribution in [0.1, 0.15) is 83.1 Å². The molecule has 3 fully saturated rings. The van der Waals surface area contributed by atoms with E-state index in [4.69, 9.17) is 18.9 Å². The largest absolute Gasteiger partial charge is 0.458 e. The topological polar surface area (TPSA) is 121 Å². The summed E-state index contributed by atoms with van der Waals surface area (Å²) in [6, 6.07) is 5.21. The fourth-order valence-corrected chi connectivity index (χ4v) is 9.44. The number of allylic oxidation sites excluding steroid dienone is 1. The molecule has 1 aliphatic heterocycles. The van der Waals surface area contributed by atoms with Gasteiger partial charge in [-0.2, -0.15) is 0 Å². The van der Waals surface area contributed by atoms with Gasteiger partial charge >= 0.3 is 17.9 Å². The first-order valence-corrected chi connectivity index (χ1v) is 15.7. The number of pyridine rings is 1. The Kier molecular flexibility index (Phi) is 8.00. The molecule has 5 aliphatic rings. The molecule has 9 nitrogen and oxygen atoms in total. The lowest BCUT2D eigenvalue weighted by Gasteiger charge is -2.63. The van der Waals surface area contributed by atoms with Crippen molar-refractivity contribution in [1.29, 1.82) is 0 Å². The van der Waals surface area contributed by atoms with Crippen LogP contribution in [0.15, 0.2) is 47.7 Å². The number of hydrogen-bond donors (Lipinski definition) is 1. The molecule has 0 bridgehead atoms. The van der Waals surface area contributed by atoms with Crippen LogP contribution in [0.4, 0.5) is 0 Å². The van der Waals surface area contributed by atoms with Crippen LogP contribution in [0.3, 0.4) is 0 Å². The molecule has 1 N–H and O–H groups in total. The summed E-state index contributed by atoms with van der Waals surface area (Å²) in [5.74, 6) is -0.833. The number of ether oxygens (including phenoxy) is 4. The van der Waals surface area contributed by atoms with Crippen molar-refractivity contribution in [2.24, 2.45) is 34.5 Å². The zero-order valence-corrected chi connectivity index (χ0v) is 25.5. The molecule has 9 heteroatoms. The van der Waals surface area contributed by atoms with Crippen LogP contribution < -0.4 is 0 Å². The third-order valence-electron chi connectivity index (χ3n) is 11.3. The van der Waals surface area contributed by atoms with E-state index in [2.05, 4.69) is 31.0 Å². The van der Waals surface area contributed by atoms with E-state index in [-0.39, 0.29) is 35.2 Å². The summed E-state index contributed by atoms with van der Waals surface area (Å²) in [5, 5.41) is 9.96. The first kappa shape index (κ1) is 30.0. The first-order chi connectivity index (χ1) is 20.5. The number of nitrogens with zero attached hydrogens (tertiary/aromatic N) is 1. The Hall–Kier alpha value is -3.04. The molecule has 0 radical (unpaired) electrons. The maximum Gasteiger partial charge on any atom is 0.357 e. The molecule has 2 heterocycles. The molecule has 0 aromatic carbocycles. The van der Waals surface area contributed by atoms with E-state index >= 15 is 0 Å². The zero-order valence-electron chi connectivity index (χ0n) is 25.5. The number of aliphatic hydroxyl groups is 1. The van der Waals surface area contributed by atoms with Gasteiger partial charge in [-0.25, -0.2) is 9.78 Å². The molecule has 0 saturated heterocycles. The highest BCUT2D eigenvalue weighted by Gasteiger charge is 2.67. The van der Waals surface area contributed by atoms with Gasteiger partial charge in [-0.05, 0) is 79.4 Å². The van der Waals surface area contributed by atoms with E-state index in [1.165, 1.54) is 19.4 Å². The lowest BCUT2D eigenvalue weighted by atomic mass is 9.44. The van der Waals surface area contributed by atoms with Gasteiger partial charge in [-0.1, -0.05) is 37.6 Å². The molecule has 232 valence electrons. The number of rotatable bonds is 5. The van der Waals surface area contributed by atoms with Gasteiger partial charge in [-0.15, -0.1) is 0 Å². The second kappa shape index (κ2) is 11.5. The van der Waals surface area contributed by atoms with Crippen molar-refractivity contribution in [2.45, 2.75) is 97.2 Å². The number of aromatic nitrogens is 1. The molecule has 0 spiro atoms. The normalized spacial score (nSPS) is 40.1. The fourth-order valence-electron chi connectivity index (χ4n) is 9.44. The summed E-state index contributed by atoms with van der Waals surface area (Å²) in [5.41, 5.74) is 1.88. The minimum atomic E-state index is -0.812. The van der Waals surface area contributed by atoms with Crippen molar-refractivity contribution < 1.29 is 38.4 Å². The van der Waals surface area contributed by atoms with Crippen LogP contribution in [0, 0.1) is 34.5 Å². The van der Waals surface area contributed by atoms with Crippen molar-refractivity contribution in [3.8, 4) is 0 Å². The van der Waals surface area contributed by atoms with E-state index in [0.29, 0.717) is 25.1 Å². The van der Waals surface area contributed by atoms with Gasteiger partial charge in [0.25, 0.3) is 0 Å². The fraction of sp³-hybridized carbons (Fsp3) is 0.647. The van der Waals surface area contributed by atoms with Gasteiger partial charge in [-0.3, -0.25) is 9.59 Å². The molecular weight excluding hydrogens is 550 g/mol. The molecule has 3 saturated carbocycles. The summed E-state index contributed by atoms with van der Waals surface area (Å²) in [4.78, 5) is 42.3. The summed E-state index contributed by atoms with van der Waals surface area (Å²) < 4.78 is 24.0. The van der Waals surface area contributed by atoms with E-state index in [1.807, 2.05) is 0 Å². The smallest absolute Gasteiger partial charge is 0.357 e. The quantitative estimate of drug-likeness (QED) is 0.288. The van der Waals surface area contributed by atoms with Crippen LogP contribution in [0.25, 0.3) is 0 Å². The van der Waals surface area contributed by atoms with Crippen molar-refractivity contribution in [3.05, 3.63) is 53.4 Å². The molecule has 4 aliphatic carbocycles. The number of aliphatic hydroxyl groups excluding tert-OH is 1. The molecular formula is C34H43NO8. The Bertz CT molecular complexity index is 1320. The Balaban J connectivity index is 1.33. The monoisotopic (exact) mass is 593 g/mol. The lowest BCUT2D eigenvalue weighted by Crippen LogP contribution is -2.65. The Morgan fingerprint density at radius 1 is 1.00 bits per heavy atom. The summed E-state index contributed by atoms with van der Waals surface area (Å²) in [7, 11) is 0. The average molecular weight is 594 g/mol.